The first kappa shape index (κ1) is 21.2. The van der Waals surface area contributed by atoms with Crippen molar-refractivity contribution in [2.24, 2.45) is 4.99 Å². The smallest absolute Gasteiger partial charge is 0.191 e. The van der Waals surface area contributed by atoms with Gasteiger partial charge in [0.2, 0.25) is 0 Å². The molecule has 2 aromatic carbocycles. The molecule has 7 nitrogen and oxygen atoms in total. The van der Waals surface area contributed by atoms with Gasteiger partial charge in [-0.25, -0.2) is 4.98 Å². The van der Waals surface area contributed by atoms with Gasteiger partial charge in [0.15, 0.2) is 17.5 Å². The molecule has 0 amide bonds. The number of aromatic nitrogens is 1. The molecule has 3 rings (SSSR count). The summed E-state index contributed by atoms with van der Waals surface area (Å²) < 4.78 is 10.6. The monoisotopic (exact) mass is 407 g/mol. The minimum absolute atomic E-state index is 0.727. The van der Waals surface area contributed by atoms with Crippen LogP contribution < -0.4 is 25.4 Å². The molecule has 7 heteroatoms. The van der Waals surface area contributed by atoms with Crippen LogP contribution in [0.2, 0.25) is 0 Å². The summed E-state index contributed by atoms with van der Waals surface area (Å²) >= 11 is 0. The highest BCUT2D eigenvalue weighted by Gasteiger charge is 2.05. The van der Waals surface area contributed by atoms with E-state index < -0.39 is 0 Å². The van der Waals surface area contributed by atoms with Crippen LogP contribution in [0.3, 0.4) is 0 Å². The van der Waals surface area contributed by atoms with E-state index in [1.165, 1.54) is 5.56 Å². The Kier molecular flexibility index (Phi) is 7.71. The van der Waals surface area contributed by atoms with Crippen LogP contribution in [-0.4, -0.2) is 51.8 Å². The van der Waals surface area contributed by atoms with Gasteiger partial charge in [-0.15, -0.1) is 0 Å². The van der Waals surface area contributed by atoms with Crippen LogP contribution in [0.4, 0.5) is 5.82 Å². The van der Waals surface area contributed by atoms with Crippen LogP contribution in [0, 0.1) is 0 Å². The molecule has 0 aliphatic heterocycles. The summed E-state index contributed by atoms with van der Waals surface area (Å²) in [7, 11) is 5.05. The molecule has 0 saturated carbocycles. The number of nitrogens with one attached hydrogen (secondary N) is 3. The van der Waals surface area contributed by atoms with E-state index in [1.54, 1.807) is 21.3 Å². The van der Waals surface area contributed by atoms with Crippen molar-refractivity contribution >= 4 is 22.7 Å². The van der Waals surface area contributed by atoms with Gasteiger partial charge in [0, 0.05) is 32.1 Å². The Morgan fingerprint density at radius 3 is 2.50 bits per heavy atom. The Hall–Kier alpha value is -3.48. The molecular weight excluding hydrogens is 378 g/mol. The van der Waals surface area contributed by atoms with E-state index in [0.717, 1.165) is 60.2 Å². The fourth-order valence-corrected chi connectivity index (χ4v) is 3.12. The summed E-state index contributed by atoms with van der Waals surface area (Å²) in [6.45, 7) is 2.22. The second-order valence-corrected chi connectivity index (χ2v) is 6.68. The lowest BCUT2D eigenvalue weighted by Crippen LogP contribution is -2.40. The molecule has 30 heavy (non-hydrogen) atoms. The van der Waals surface area contributed by atoms with Crippen molar-refractivity contribution < 1.29 is 9.47 Å². The van der Waals surface area contributed by atoms with Crippen LogP contribution in [0.5, 0.6) is 11.5 Å². The van der Waals surface area contributed by atoms with E-state index in [-0.39, 0.29) is 0 Å². The van der Waals surface area contributed by atoms with Crippen LogP contribution in [0.15, 0.2) is 59.6 Å². The zero-order valence-electron chi connectivity index (χ0n) is 17.7. The Morgan fingerprint density at radius 2 is 1.70 bits per heavy atom. The number of guanidine groups is 1. The summed E-state index contributed by atoms with van der Waals surface area (Å²) in [5, 5.41) is 11.1. The van der Waals surface area contributed by atoms with Crippen molar-refractivity contribution in [3.8, 4) is 11.5 Å². The molecule has 0 radical (unpaired) electrons. The lowest BCUT2D eigenvalue weighted by molar-refractivity contribution is 0.354. The van der Waals surface area contributed by atoms with Gasteiger partial charge in [0.25, 0.3) is 0 Å². The van der Waals surface area contributed by atoms with Gasteiger partial charge in [-0.1, -0.05) is 24.3 Å². The predicted octanol–water partition coefficient (Wildman–Crippen LogP) is 3.07. The maximum atomic E-state index is 5.36. The minimum Gasteiger partial charge on any atom is -0.493 e. The fraction of sp³-hybridized carbons (Fsp3) is 0.304. The topological polar surface area (TPSA) is 79.8 Å². The number of rotatable bonds is 9. The maximum Gasteiger partial charge on any atom is 0.191 e. The summed E-state index contributed by atoms with van der Waals surface area (Å²) in [6.07, 6.45) is 0.848. The van der Waals surface area contributed by atoms with Crippen LogP contribution >= 0.6 is 0 Å². The lowest BCUT2D eigenvalue weighted by Gasteiger charge is -2.13. The standard InChI is InChI=1S/C23H29N5O2/c1-24-23(26-13-12-17-8-10-20(29-2)21(16-17)30-3)27-15-14-25-22-11-9-18-6-4-5-7-19(18)28-22/h4-11,16H,12-15H2,1-3H3,(H,25,28)(H2,24,26,27). The highest BCUT2D eigenvalue weighted by atomic mass is 16.5. The third kappa shape index (κ3) is 5.76. The number of hydrogen-bond donors (Lipinski definition) is 3. The number of anilines is 1. The van der Waals surface area contributed by atoms with Crippen molar-refractivity contribution in [2.75, 3.05) is 46.2 Å². The number of pyridine rings is 1. The zero-order chi connectivity index (χ0) is 21.2. The van der Waals surface area contributed by atoms with Gasteiger partial charge in [-0.3, -0.25) is 4.99 Å². The van der Waals surface area contributed by atoms with Gasteiger partial charge in [-0.05, 0) is 42.3 Å². The molecule has 0 aliphatic rings. The molecule has 0 spiro atoms. The first-order valence-corrected chi connectivity index (χ1v) is 9.98. The van der Waals surface area contributed by atoms with Crippen LogP contribution in [0.25, 0.3) is 10.9 Å². The summed E-state index contributed by atoms with van der Waals surface area (Å²) in [5.74, 6) is 3.11. The van der Waals surface area contributed by atoms with E-state index in [1.807, 2.05) is 42.5 Å². The van der Waals surface area contributed by atoms with E-state index in [2.05, 4.69) is 38.1 Å². The molecule has 0 fully saturated rings. The highest BCUT2D eigenvalue weighted by molar-refractivity contribution is 5.80. The maximum absolute atomic E-state index is 5.36. The van der Waals surface area contributed by atoms with Crippen molar-refractivity contribution in [1.82, 2.24) is 15.6 Å². The predicted molar refractivity (Wildman–Crippen MR) is 123 cm³/mol. The highest BCUT2D eigenvalue weighted by Crippen LogP contribution is 2.27. The van der Waals surface area contributed by atoms with E-state index in [9.17, 15) is 0 Å². The molecule has 0 unspecified atom stereocenters. The van der Waals surface area contributed by atoms with E-state index in [4.69, 9.17) is 9.47 Å². The second kappa shape index (κ2) is 10.9. The molecule has 158 valence electrons. The number of methoxy groups -OCH3 is 2. The van der Waals surface area contributed by atoms with Gasteiger partial charge < -0.3 is 25.4 Å². The normalized spacial score (nSPS) is 11.2. The lowest BCUT2D eigenvalue weighted by atomic mass is 10.1. The first-order chi connectivity index (χ1) is 14.7. The Bertz CT molecular complexity index is 990. The average Bonchev–Trinajstić information content (AvgIpc) is 2.80. The summed E-state index contributed by atoms with van der Waals surface area (Å²) in [6, 6.07) is 18.1. The molecule has 0 bridgehead atoms. The molecule has 0 saturated heterocycles. The van der Waals surface area contributed by atoms with Crippen molar-refractivity contribution in [3.05, 3.63) is 60.2 Å². The molecule has 0 aliphatic carbocycles. The number of nitrogens with zero attached hydrogens (tertiary/aromatic N) is 2. The van der Waals surface area contributed by atoms with Gasteiger partial charge in [0.05, 0.1) is 19.7 Å². The van der Waals surface area contributed by atoms with Crippen LogP contribution in [0.1, 0.15) is 5.56 Å². The molecule has 3 N–H and O–H groups in total. The number of hydrogen-bond acceptors (Lipinski definition) is 5. The Labute approximate surface area is 177 Å². The first-order valence-electron chi connectivity index (χ1n) is 9.98. The molecule has 1 heterocycles. The number of para-hydroxylation sites is 1. The Morgan fingerprint density at radius 1 is 0.900 bits per heavy atom. The van der Waals surface area contributed by atoms with Gasteiger partial charge >= 0.3 is 0 Å². The van der Waals surface area contributed by atoms with Gasteiger partial charge in [-0.2, -0.15) is 0 Å². The zero-order valence-corrected chi connectivity index (χ0v) is 17.7. The average molecular weight is 408 g/mol. The van der Waals surface area contributed by atoms with Crippen molar-refractivity contribution in [2.45, 2.75) is 6.42 Å². The summed E-state index contributed by atoms with van der Waals surface area (Å²) in [4.78, 5) is 8.89. The number of benzene rings is 2. The second-order valence-electron chi connectivity index (χ2n) is 6.68. The minimum atomic E-state index is 0.727. The molecule has 3 aromatic rings. The van der Waals surface area contributed by atoms with E-state index in [0.29, 0.717) is 0 Å². The fourth-order valence-electron chi connectivity index (χ4n) is 3.12. The van der Waals surface area contributed by atoms with E-state index >= 15 is 0 Å². The van der Waals surface area contributed by atoms with Crippen LogP contribution in [-0.2, 0) is 6.42 Å². The summed E-state index contributed by atoms with van der Waals surface area (Å²) in [5.41, 5.74) is 2.16. The third-order valence-corrected chi connectivity index (χ3v) is 4.70. The van der Waals surface area contributed by atoms with Crippen molar-refractivity contribution in [3.63, 3.8) is 0 Å². The third-order valence-electron chi connectivity index (χ3n) is 4.70. The number of fused-ring (bicyclic) bond motifs is 1. The Balaban J connectivity index is 1.40. The van der Waals surface area contributed by atoms with Crippen molar-refractivity contribution in [1.29, 1.82) is 0 Å². The SMILES string of the molecule is CN=C(NCCNc1ccc2ccccc2n1)NCCc1ccc(OC)c(OC)c1. The van der Waals surface area contributed by atoms with Gasteiger partial charge in [0.1, 0.15) is 5.82 Å². The number of aliphatic imine (C=N–C) groups is 1. The molecular formula is C23H29N5O2. The quantitative estimate of drug-likeness (QED) is 0.287. The molecule has 0 atom stereocenters. The number of ether oxygens (including phenoxy) is 2. The largest absolute Gasteiger partial charge is 0.493 e. The molecule has 1 aromatic heterocycles.